The highest BCUT2D eigenvalue weighted by atomic mass is 35.5. The van der Waals surface area contributed by atoms with E-state index in [0.29, 0.717) is 23.7 Å². The monoisotopic (exact) mass is 263 g/mol. The summed E-state index contributed by atoms with van der Waals surface area (Å²) in [5.74, 6) is 0.112. The van der Waals surface area contributed by atoms with E-state index in [1.165, 1.54) is 0 Å². The lowest BCUT2D eigenvalue weighted by molar-refractivity contribution is -0.129. The molecule has 1 fully saturated rings. The van der Waals surface area contributed by atoms with Crippen molar-refractivity contribution >= 4 is 23.2 Å². The number of nitrogens with zero attached hydrogens (tertiary/aromatic N) is 3. The second-order valence-electron chi connectivity index (χ2n) is 4.27. The van der Waals surface area contributed by atoms with Crippen molar-refractivity contribution in [3.63, 3.8) is 0 Å². The average molecular weight is 264 g/mol. The predicted molar refractivity (Wildman–Crippen MR) is 70.6 cm³/mol. The van der Waals surface area contributed by atoms with Crippen LogP contribution in [0.25, 0.3) is 0 Å². The summed E-state index contributed by atoms with van der Waals surface area (Å²) in [7, 11) is 0. The molecule has 0 bridgehead atoms. The van der Waals surface area contributed by atoms with Gasteiger partial charge in [-0.3, -0.25) is 4.79 Å². The third kappa shape index (κ3) is 2.57. The summed E-state index contributed by atoms with van der Waals surface area (Å²) in [5.41, 5.74) is 1.49. The van der Waals surface area contributed by atoms with Crippen molar-refractivity contribution in [2.24, 2.45) is 0 Å². The molecule has 94 valence electrons. The summed E-state index contributed by atoms with van der Waals surface area (Å²) >= 11 is 6.17. The number of carbonyl (C=O) groups excluding carboxylic acids is 1. The Labute approximate surface area is 111 Å². The van der Waals surface area contributed by atoms with Crippen molar-refractivity contribution in [3.8, 4) is 6.07 Å². The van der Waals surface area contributed by atoms with E-state index in [4.69, 9.17) is 16.9 Å². The molecule has 0 saturated carbocycles. The average Bonchev–Trinajstić information content (AvgIpc) is 2.38. The van der Waals surface area contributed by atoms with Crippen LogP contribution in [0.4, 0.5) is 5.69 Å². The molecule has 0 radical (unpaired) electrons. The van der Waals surface area contributed by atoms with E-state index < -0.39 is 0 Å². The van der Waals surface area contributed by atoms with Crippen molar-refractivity contribution in [3.05, 3.63) is 28.8 Å². The van der Waals surface area contributed by atoms with Crippen LogP contribution in [0, 0.1) is 11.3 Å². The molecule has 1 saturated heterocycles. The number of benzene rings is 1. The number of anilines is 1. The first-order chi connectivity index (χ1) is 8.61. The number of halogens is 1. The van der Waals surface area contributed by atoms with E-state index in [9.17, 15) is 4.79 Å². The van der Waals surface area contributed by atoms with Crippen molar-refractivity contribution in [1.82, 2.24) is 4.90 Å². The molecule has 5 heteroatoms. The van der Waals surface area contributed by atoms with Gasteiger partial charge in [-0.1, -0.05) is 11.6 Å². The van der Waals surface area contributed by atoms with Gasteiger partial charge in [0.05, 0.1) is 22.3 Å². The minimum Gasteiger partial charge on any atom is -0.367 e. The van der Waals surface area contributed by atoms with Gasteiger partial charge in [-0.15, -0.1) is 0 Å². The standard InChI is InChI=1S/C13H14ClN3O/c1-10(18)16-4-6-17(7-5-16)13-3-2-11(9-15)8-12(13)14/h2-3,8H,4-7H2,1H3. The Balaban J connectivity index is 2.10. The zero-order valence-electron chi connectivity index (χ0n) is 10.2. The lowest BCUT2D eigenvalue weighted by Crippen LogP contribution is -2.48. The van der Waals surface area contributed by atoms with E-state index in [0.717, 1.165) is 18.8 Å². The Bertz CT molecular complexity index is 501. The third-order valence-electron chi connectivity index (χ3n) is 3.14. The van der Waals surface area contributed by atoms with Crippen LogP contribution in [0.3, 0.4) is 0 Å². The fourth-order valence-electron chi connectivity index (χ4n) is 2.10. The van der Waals surface area contributed by atoms with E-state index in [1.54, 1.807) is 19.1 Å². The summed E-state index contributed by atoms with van der Waals surface area (Å²) < 4.78 is 0. The SMILES string of the molecule is CC(=O)N1CCN(c2ccc(C#N)cc2Cl)CC1. The molecule has 1 aliphatic rings. The smallest absolute Gasteiger partial charge is 0.219 e. The van der Waals surface area contributed by atoms with Gasteiger partial charge in [0.25, 0.3) is 0 Å². The Morgan fingerprint density at radius 1 is 1.33 bits per heavy atom. The van der Waals surface area contributed by atoms with E-state index in [-0.39, 0.29) is 5.91 Å². The van der Waals surface area contributed by atoms with Crippen molar-refractivity contribution < 1.29 is 4.79 Å². The van der Waals surface area contributed by atoms with Crippen LogP contribution in [0.2, 0.25) is 5.02 Å². The highest BCUT2D eigenvalue weighted by Crippen LogP contribution is 2.27. The molecule has 0 aromatic heterocycles. The maximum absolute atomic E-state index is 11.2. The first-order valence-corrected chi connectivity index (χ1v) is 6.19. The predicted octanol–water partition coefficient (Wildman–Crippen LogP) is 1.88. The number of piperazine rings is 1. The summed E-state index contributed by atoms with van der Waals surface area (Å²) in [5, 5.41) is 9.38. The number of rotatable bonds is 1. The summed E-state index contributed by atoms with van der Waals surface area (Å²) in [4.78, 5) is 15.2. The van der Waals surface area contributed by atoms with Gasteiger partial charge in [-0.2, -0.15) is 5.26 Å². The molecule has 1 heterocycles. The van der Waals surface area contributed by atoms with Crippen LogP contribution < -0.4 is 4.90 Å². The molecule has 0 atom stereocenters. The van der Waals surface area contributed by atoms with Crippen LogP contribution in [0.1, 0.15) is 12.5 Å². The fraction of sp³-hybridized carbons (Fsp3) is 0.385. The second-order valence-corrected chi connectivity index (χ2v) is 4.68. The van der Waals surface area contributed by atoms with Crippen molar-refractivity contribution in [2.75, 3.05) is 31.1 Å². The van der Waals surface area contributed by atoms with Crippen LogP contribution >= 0.6 is 11.6 Å². The second kappa shape index (κ2) is 5.28. The number of amides is 1. The van der Waals surface area contributed by atoms with Crippen molar-refractivity contribution in [1.29, 1.82) is 5.26 Å². The molecule has 1 aliphatic heterocycles. The van der Waals surface area contributed by atoms with Crippen LogP contribution in [-0.2, 0) is 4.79 Å². The highest BCUT2D eigenvalue weighted by molar-refractivity contribution is 6.33. The Morgan fingerprint density at radius 2 is 2.00 bits per heavy atom. The maximum atomic E-state index is 11.2. The van der Waals surface area contributed by atoms with Gasteiger partial charge in [0.1, 0.15) is 0 Å². The van der Waals surface area contributed by atoms with Crippen molar-refractivity contribution in [2.45, 2.75) is 6.92 Å². The summed E-state index contributed by atoms with van der Waals surface area (Å²) in [6.45, 7) is 4.55. The van der Waals surface area contributed by atoms with Gasteiger partial charge in [-0.25, -0.2) is 0 Å². The van der Waals surface area contributed by atoms with Gasteiger partial charge in [0.2, 0.25) is 5.91 Å². The molecule has 1 aromatic rings. The molecule has 1 aromatic carbocycles. The fourth-order valence-corrected chi connectivity index (χ4v) is 2.40. The van der Waals surface area contributed by atoms with Gasteiger partial charge in [-0.05, 0) is 18.2 Å². The minimum absolute atomic E-state index is 0.112. The minimum atomic E-state index is 0.112. The van der Waals surface area contributed by atoms with Crippen LogP contribution in [0.15, 0.2) is 18.2 Å². The first-order valence-electron chi connectivity index (χ1n) is 5.82. The van der Waals surface area contributed by atoms with Crippen LogP contribution in [-0.4, -0.2) is 37.0 Å². The number of hydrogen-bond acceptors (Lipinski definition) is 3. The molecule has 0 unspecified atom stereocenters. The molecule has 0 spiro atoms. The number of hydrogen-bond donors (Lipinski definition) is 0. The lowest BCUT2D eigenvalue weighted by atomic mass is 10.2. The zero-order valence-corrected chi connectivity index (χ0v) is 10.9. The summed E-state index contributed by atoms with van der Waals surface area (Å²) in [6, 6.07) is 7.37. The Hall–Kier alpha value is -1.73. The molecule has 0 aliphatic carbocycles. The van der Waals surface area contributed by atoms with Gasteiger partial charge in [0.15, 0.2) is 0 Å². The van der Waals surface area contributed by atoms with Gasteiger partial charge < -0.3 is 9.80 Å². The van der Waals surface area contributed by atoms with E-state index >= 15 is 0 Å². The normalized spacial score (nSPS) is 15.4. The lowest BCUT2D eigenvalue weighted by Gasteiger charge is -2.36. The summed E-state index contributed by atoms with van der Waals surface area (Å²) in [6.07, 6.45) is 0. The molecule has 4 nitrogen and oxygen atoms in total. The zero-order chi connectivity index (χ0) is 13.1. The Morgan fingerprint density at radius 3 is 2.50 bits per heavy atom. The molecule has 18 heavy (non-hydrogen) atoms. The molecular weight excluding hydrogens is 250 g/mol. The van der Waals surface area contributed by atoms with E-state index in [2.05, 4.69) is 11.0 Å². The Kier molecular flexibility index (Phi) is 3.73. The number of carbonyl (C=O) groups is 1. The molecular formula is C13H14ClN3O. The van der Waals surface area contributed by atoms with E-state index in [1.807, 2.05) is 11.0 Å². The van der Waals surface area contributed by atoms with Gasteiger partial charge in [0, 0.05) is 33.1 Å². The topological polar surface area (TPSA) is 47.3 Å². The van der Waals surface area contributed by atoms with Crippen LogP contribution in [0.5, 0.6) is 0 Å². The third-order valence-corrected chi connectivity index (χ3v) is 3.45. The number of nitriles is 1. The quantitative estimate of drug-likeness (QED) is 0.777. The van der Waals surface area contributed by atoms with Gasteiger partial charge >= 0.3 is 0 Å². The maximum Gasteiger partial charge on any atom is 0.219 e. The molecule has 2 rings (SSSR count). The molecule has 1 amide bonds. The molecule has 0 N–H and O–H groups in total. The highest BCUT2D eigenvalue weighted by Gasteiger charge is 2.20. The largest absolute Gasteiger partial charge is 0.367 e. The first kappa shape index (κ1) is 12.7.